The molecule has 5 nitrogen and oxygen atoms in total. The molecule has 0 bridgehead atoms. The standard InChI is InChI=1S/C15H16N2O3/c16-11-3-5-12(6-4-11)17-14(15(19)20)9-10-1-7-13(18)8-2-10/h1-8,14,17-18H,9,16H2,(H,19,20)/t14-/m0/s1. The maximum Gasteiger partial charge on any atom is 0.326 e. The maximum absolute atomic E-state index is 11.3. The Morgan fingerprint density at radius 1 is 1.10 bits per heavy atom. The van der Waals surface area contributed by atoms with Gasteiger partial charge in [-0.15, -0.1) is 0 Å². The summed E-state index contributed by atoms with van der Waals surface area (Å²) in [5.74, 6) is -0.776. The molecule has 0 radical (unpaired) electrons. The first kappa shape index (κ1) is 13.7. The number of benzene rings is 2. The summed E-state index contributed by atoms with van der Waals surface area (Å²) in [6.07, 6.45) is 0.319. The molecule has 0 aromatic heterocycles. The van der Waals surface area contributed by atoms with Crippen LogP contribution in [0, 0.1) is 0 Å². The van der Waals surface area contributed by atoms with Gasteiger partial charge in [0.25, 0.3) is 0 Å². The average Bonchev–Trinajstić information content (AvgIpc) is 2.42. The SMILES string of the molecule is Nc1ccc(N[C@@H](Cc2ccc(O)cc2)C(=O)O)cc1. The molecule has 2 aromatic rings. The molecule has 5 heteroatoms. The number of phenols is 1. The lowest BCUT2D eigenvalue weighted by molar-refractivity contribution is -0.137. The zero-order valence-corrected chi connectivity index (χ0v) is 10.8. The van der Waals surface area contributed by atoms with Gasteiger partial charge in [0.1, 0.15) is 11.8 Å². The molecule has 0 spiro atoms. The Balaban J connectivity index is 2.09. The number of hydrogen-bond donors (Lipinski definition) is 4. The summed E-state index contributed by atoms with van der Waals surface area (Å²) >= 11 is 0. The molecule has 0 saturated carbocycles. The van der Waals surface area contributed by atoms with Crippen molar-refractivity contribution in [3.8, 4) is 5.75 Å². The number of hydrogen-bond acceptors (Lipinski definition) is 4. The van der Waals surface area contributed by atoms with Crippen molar-refractivity contribution in [1.82, 2.24) is 0 Å². The topological polar surface area (TPSA) is 95.6 Å². The molecule has 2 rings (SSSR count). The normalized spacial score (nSPS) is 11.8. The summed E-state index contributed by atoms with van der Waals surface area (Å²) in [5, 5.41) is 21.4. The van der Waals surface area contributed by atoms with Crippen molar-refractivity contribution in [2.45, 2.75) is 12.5 Å². The van der Waals surface area contributed by atoms with Crippen LogP contribution in [-0.2, 0) is 11.2 Å². The molecule has 0 fully saturated rings. The van der Waals surface area contributed by atoms with Gasteiger partial charge in [0.15, 0.2) is 0 Å². The van der Waals surface area contributed by atoms with Gasteiger partial charge in [0, 0.05) is 17.8 Å². The van der Waals surface area contributed by atoms with Crippen LogP contribution in [-0.4, -0.2) is 22.2 Å². The predicted octanol–water partition coefficient (Wildman–Crippen LogP) is 2.08. The average molecular weight is 272 g/mol. The molecular weight excluding hydrogens is 256 g/mol. The Kier molecular flexibility index (Phi) is 4.10. The molecule has 2 aromatic carbocycles. The van der Waals surface area contributed by atoms with E-state index in [2.05, 4.69) is 5.32 Å². The van der Waals surface area contributed by atoms with Crippen molar-refractivity contribution in [3.63, 3.8) is 0 Å². The summed E-state index contributed by atoms with van der Waals surface area (Å²) in [4.78, 5) is 11.3. The van der Waals surface area contributed by atoms with Gasteiger partial charge in [-0.2, -0.15) is 0 Å². The Morgan fingerprint density at radius 2 is 1.70 bits per heavy atom. The van der Waals surface area contributed by atoms with Crippen LogP contribution in [0.15, 0.2) is 48.5 Å². The number of carboxylic acids is 1. The van der Waals surface area contributed by atoms with Crippen LogP contribution in [0.4, 0.5) is 11.4 Å². The maximum atomic E-state index is 11.3. The number of anilines is 2. The van der Waals surface area contributed by atoms with Crippen LogP contribution in [0.2, 0.25) is 0 Å². The van der Waals surface area contributed by atoms with Crippen molar-refractivity contribution in [1.29, 1.82) is 0 Å². The minimum Gasteiger partial charge on any atom is -0.508 e. The number of carbonyl (C=O) groups is 1. The molecule has 0 amide bonds. The van der Waals surface area contributed by atoms with Gasteiger partial charge in [-0.1, -0.05) is 12.1 Å². The first-order valence-corrected chi connectivity index (χ1v) is 6.17. The molecule has 0 saturated heterocycles. The summed E-state index contributed by atoms with van der Waals surface area (Å²) < 4.78 is 0. The van der Waals surface area contributed by atoms with E-state index >= 15 is 0 Å². The Bertz CT molecular complexity index is 532. The van der Waals surface area contributed by atoms with E-state index in [-0.39, 0.29) is 5.75 Å². The van der Waals surface area contributed by atoms with Crippen LogP contribution in [0.5, 0.6) is 5.75 Å². The summed E-state index contributed by atoms with van der Waals surface area (Å²) in [7, 11) is 0. The van der Waals surface area contributed by atoms with Crippen LogP contribution in [0.25, 0.3) is 0 Å². The Hall–Kier alpha value is -2.69. The van der Waals surface area contributed by atoms with Crippen molar-refractivity contribution in [3.05, 3.63) is 54.1 Å². The van der Waals surface area contributed by atoms with Crippen LogP contribution >= 0.6 is 0 Å². The predicted molar refractivity (Wildman–Crippen MR) is 77.7 cm³/mol. The lowest BCUT2D eigenvalue weighted by Crippen LogP contribution is -2.31. The quantitative estimate of drug-likeness (QED) is 0.625. The molecule has 20 heavy (non-hydrogen) atoms. The third-order valence-electron chi connectivity index (χ3n) is 2.93. The van der Waals surface area contributed by atoms with Crippen molar-refractivity contribution in [2.75, 3.05) is 11.1 Å². The third-order valence-corrected chi connectivity index (χ3v) is 2.93. The van der Waals surface area contributed by atoms with Gasteiger partial charge in [0.05, 0.1) is 0 Å². The summed E-state index contributed by atoms with van der Waals surface area (Å²) in [5.41, 5.74) is 7.74. The fraction of sp³-hybridized carbons (Fsp3) is 0.133. The Morgan fingerprint density at radius 3 is 2.25 bits per heavy atom. The number of rotatable bonds is 5. The van der Waals surface area contributed by atoms with E-state index in [1.807, 2.05) is 0 Å². The first-order chi connectivity index (χ1) is 9.54. The third kappa shape index (κ3) is 3.65. The number of nitrogens with two attached hydrogens (primary N) is 1. The molecule has 0 heterocycles. The van der Waals surface area contributed by atoms with E-state index < -0.39 is 12.0 Å². The number of aromatic hydroxyl groups is 1. The van der Waals surface area contributed by atoms with Gasteiger partial charge in [-0.05, 0) is 42.0 Å². The molecule has 0 aliphatic rings. The number of nitrogen functional groups attached to an aromatic ring is 1. The number of nitrogens with one attached hydrogen (secondary N) is 1. The largest absolute Gasteiger partial charge is 0.508 e. The van der Waals surface area contributed by atoms with Crippen LogP contribution < -0.4 is 11.1 Å². The van der Waals surface area contributed by atoms with Gasteiger partial charge in [-0.25, -0.2) is 4.79 Å². The molecule has 104 valence electrons. The molecular formula is C15H16N2O3. The molecule has 5 N–H and O–H groups in total. The van der Waals surface area contributed by atoms with E-state index in [1.54, 1.807) is 36.4 Å². The smallest absolute Gasteiger partial charge is 0.326 e. The highest BCUT2D eigenvalue weighted by Gasteiger charge is 2.17. The molecule has 1 atom stereocenters. The highest BCUT2D eigenvalue weighted by Crippen LogP contribution is 2.15. The van der Waals surface area contributed by atoms with Gasteiger partial charge >= 0.3 is 5.97 Å². The number of aliphatic carboxylic acids is 1. The van der Waals surface area contributed by atoms with E-state index in [4.69, 9.17) is 5.73 Å². The fourth-order valence-electron chi connectivity index (χ4n) is 1.85. The van der Waals surface area contributed by atoms with Gasteiger partial charge < -0.3 is 21.3 Å². The van der Waals surface area contributed by atoms with E-state index in [0.717, 1.165) is 5.56 Å². The minimum atomic E-state index is -0.935. The van der Waals surface area contributed by atoms with E-state index in [0.29, 0.717) is 17.8 Å². The number of phenolic OH excluding ortho intramolecular Hbond substituents is 1. The number of carboxylic acid groups (broad SMARTS) is 1. The van der Waals surface area contributed by atoms with Crippen molar-refractivity contribution in [2.24, 2.45) is 0 Å². The summed E-state index contributed by atoms with van der Waals surface area (Å²) in [6, 6.07) is 12.6. The zero-order chi connectivity index (χ0) is 14.5. The first-order valence-electron chi connectivity index (χ1n) is 6.17. The minimum absolute atomic E-state index is 0.159. The Labute approximate surface area is 116 Å². The highest BCUT2D eigenvalue weighted by atomic mass is 16.4. The second-order valence-electron chi connectivity index (χ2n) is 4.53. The fourth-order valence-corrected chi connectivity index (χ4v) is 1.85. The van der Waals surface area contributed by atoms with Crippen molar-refractivity contribution >= 4 is 17.3 Å². The van der Waals surface area contributed by atoms with E-state index in [9.17, 15) is 15.0 Å². The van der Waals surface area contributed by atoms with Crippen molar-refractivity contribution < 1.29 is 15.0 Å². The molecule has 0 unspecified atom stereocenters. The van der Waals surface area contributed by atoms with Crippen LogP contribution in [0.3, 0.4) is 0 Å². The summed E-state index contributed by atoms with van der Waals surface area (Å²) in [6.45, 7) is 0. The lowest BCUT2D eigenvalue weighted by atomic mass is 10.1. The highest BCUT2D eigenvalue weighted by molar-refractivity contribution is 5.78. The lowest BCUT2D eigenvalue weighted by Gasteiger charge is -2.16. The van der Waals surface area contributed by atoms with E-state index in [1.165, 1.54) is 12.1 Å². The van der Waals surface area contributed by atoms with Gasteiger partial charge in [-0.3, -0.25) is 0 Å². The second-order valence-corrected chi connectivity index (χ2v) is 4.53. The second kappa shape index (κ2) is 5.97. The molecule has 0 aliphatic carbocycles. The van der Waals surface area contributed by atoms with Gasteiger partial charge in [0.2, 0.25) is 0 Å². The monoisotopic (exact) mass is 272 g/mol. The molecule has 0 aliphatic heterocycles. The van der Waals surface area contributed by atoms with Crippen LogP contribution in [0.1, 0.15) is 5.56 Å². The zero-order valence-electron chi connectivity index (χ0n) is 10.8.